The van der Waals surface area contributed by atoms with Crippen LogP contribution in [0.1, 0.15) is 27.2 Å². The van der Waals surface area contributed by atoms with E-state index in [1.807, 2.05) is 0 Å². The van der Waals surface area contributed by atoms with Gasteiger partial charge in [0, 0.05) is 32.8 Å². The Morgan fingerprint density at radius 2 is 1.94 bits per heavy atom. The first kappa shape index (κ1) is 13.9. The van der Waals surface area contributed by atoms with Crippen molar-refractivity contribution in [2.75, 3.05) is 39.9 Å². The third-order valence-electron chi connectivity index (χ3n) is 3.40. The predicted octanol–water partition coefficient (Wildman–Crippen LogP) is 1.59. The van der Waals surface area contributed by atoms with Crippen molar-refractivity contribution in [1.82, 2.24) is 10.2 Å². The van der Waals surface area contributed by atoms with Crippen molar-refractivity contribution in [3.8, 4) is 0 Å². The van der Waals surface area contributed by atoms with Gasteiger partial charge in [0.15, 0.2) is 0 Å². The van der Waals surface area contributed by atoms with Crippen LogP contribution < -0.4 is 5.32 Å². The molecule has 0 amide bonds. The van der Waals surface area contributed by atoms with Gasteiger partial charge in [0.05, 0.1) is 6.61 Å². The molecule has 0 spiro atoms. The first-order chi connectivity index (χ1) is 7.67. The van der Waals surface area contributed by atoms with E-state index in [0.29, 0.717) is 6.04 Å². The van der Waals surface area contributed by atoms with Crippen molar-refractivity contribution in [2.45, 2.75) is 33.2 Å². The zero-order valence-corrected chi connectivity index (χ0v) is 11.3. The van der Waals surface area contributed by atoms with Crippen LogP contribution in [0.2, 0.25) is 0 Å². The number of hydrogen-bond donors (Lipinski definition) is 1. The van der Waals surface area contributed by atoms with Crippen LogP contribution in [-0.2, 0) is 4.74 Å². The van der Waals surface area contributed by atoms with Gasteiger partial charge in [-0.15, -0.1) is 0 Å². The molecule has 96 valence electrons. The Morgan fingerprint density at radius 3 is 2.44 bits per heavy atom. The lowest BCUT2D eigenvalue weighted by atomic mass is 9.91. The van der Waals surface area contributed by atoms with E-state index in [-0.39, 0.29) is 0 Å². The summed E-state index contributed by atoms with van der Waals surface area (Å²) in [5, 5.41) is 3.44. The van der Waals surface area contributed by atoms with Crippen LogP contribution in [0.25, 0.3) is 0 Å². The highest BCUT2D eigenvalue weighted by atomic mass is 16.5. The molecule has 0 aromatic heterocycles. The molecule has 3 atom stereocenters. The second-order valence-corrected chi connectivity index (χ2v) is 5.32. The van der Waals surface area contributed by atoms with Crippen LogP contribution in [0.4, 0.5) is 0 Å². The fourth-order valence-corrected chi connectivity index (χ4v) is 2.81. The molecule has 1 aliphatic heterocycles. The molecule has 1 fully saturated rings. The number of rotatable bonds is 6. The highest BCUT2D eigenvalue weighted by molar-refractivity contribution is 4.81. The number of methoxy groups -OCH3 is 1. The van der Waals surface area contributed by atoms with Crippen LogP contribution in [-0.4, -0.2) is 50.8 Å². The number of nitrogens with one attached hydrogen (secondary N) is 1. The Kier molecular flexibility index (Phi) is 6.32. The number of likely N-dealkylation sites (N-methyl/N-ethyl adjacent to an activating group) is 1. The van der Waals surface area contributed by atoms with E-state index in [2.05, 4.69) is 31.0 Å². The first-order valence-corrected chi connectivity index (χ1v) is 6.61. The number of likely N-dealkylation sites (tertiary alicyclic amines) is 1. The Labute approximate surface area is 101 Å². The number of ether oxygens (including phenoxy) is 1. The van der Waals surface area contributed by atoms with Crippen LogP contribution in [0.5, 0.6) is 0 Å². The molecule has 0 aromatic carbocycles. The van der Waals surface area contributed by atoms with Gasteiger partial charge in [0.1, 0.15) is 0 Å². The third-order valence-corrected chi connectivity index (χ3v) is 3.40. The Bertz CT molecular complexity index is 177. The largest absolute Gasteiger partial charge is 0.383 e. The quantitative estimate of drug-likeness (QED) is 0.747. The smallest absolute Gasteiger partial charge is 0.0630 e. The fraction of sp³-hybridized carbons (Fsp3) is 1.00. The molecule has 1 heterocycles. The van der Waals surface area contributed by atoms with Crippen molar-refractivity contribution in [3.63, 3.8) is 0 Å². The monoisotopic (exact) mass is 228 g/mol. The minimum Gasteiger partial charge on any atom is -0.383 e. The lowest BCUT2D eigenvalue weighted by Crippen LogP contribution is -2.51. The van der Waals surface area contributed by atoms with Gasteiger partial charge >= 0.3 is 0 Å². The van der Waals surface area contributed by atoms with Crippen LogP contribution in [0.15, 0.2) is 0 Å². The van der Waals surface area contributed by atoms with E-state index < -0.39 is 0 Å². The second-order valence-electron chi connectivity index (χ2n) is 5.32. The van der Waals surface area contributed by atoms with Crippen LogP contribution in [0, 0.1) is 11.8 Å². The average molecular weight is 228 g/mol. The van der Waals surface area contributed by atoms with Gasteiger partial charge in [-0.3, -0.25) is 4.90 Å². The van der Waals surface area contributed by atoms with E-state index in [0.717, 1.165) is 31.5 Å². The normalized spacial score (nSPS) is 29.2. The minimum absolute atomic E-state index is 0.537. The third kappa shape index (κ3) is 4.40. The number of hydrogen-bond acceptors (Lipinski definition) is 3. The second kappa shape index (κ2) is 7.25. The molecule has 3 unspecified atom stereocenters. The SMILES string of the molecule is CCNCC(COC)N1CC(C)CC(C)C1. The zero-order chi connectivity index (χ0) is 12.0. The highest BCUT2D eigenvalue weighted by Crippen LogP contribution is 2.22. The summed E-state index contributed by atoms with van der Waals surface area (Å²) < 4.78 is 5.34. The molecule has 1 rings (SSSR count). The van der Waals surface area contributed by atoms with Gasteiger partial charge in [-0.05, 0) is 24.8 Å². The molecule has 1 aliphatic rings. The maximum Gasteiger partial charge on any atom is 0.0630 e. The highest BCUT2D eigenvalue weighted by Gasteiger charge is 2.26. The summed E-state index contributed by atoms with van der Waals surface area (Å²) in [6.45, 7) is 12.3. The molecular weight excluding hydrogens is 200 g/mol. The van der Waals surface area contributed by atoms with E-state index in [1.54, 1.807) is 7.11 Å². The Hall–Kier alpha value is -0.120. The summed E-state index contributed by atoms with van der Waals surface area (Å²) in [5.41, 5.74) is 0. The molecule has 1 N–H and O–H groups in total. The van der Waals surface area contributed by atoms with E-state index in [4.69, 9.17) is 4.74 Å². The van der Waals surface area contributed by atoms with Crippen molar-refractivity contribution in [2.24, 2.45) is 11.8 Å². The van der Waals surface area contributed by atoms with Crippen molar-refractivity contribution in [1.29, 1.82) is 0 Å². The summed E-state index contributed by atoms with van der Waals surface area (Å²) >= 11 is 0. The first-order valence-electron chi connectivity index (χ1n) is 6.61. The molecule has 0 bridgehead atoms. The molecule has 16 heavy (non-hydrogen) atoms. The Morgan fingerprint density at radius 1 is 1.31 bits per heavy atom. The molecule has 0 aromatic rings. The van der Waals surface area contributed by atoms with Gasteiger partial charge < -0.3 is 10.1 Å². The van der Waals surface area contributed by atoms with Gasteiger partial charge in [-0.25, -0.2) is 0 Å². The van der Waals surface area contributed by atoms with Crippen molar-refractivity contribution < 1.29 is 4.74 Å². The van der Waals surface area contributed by atoms with Crippen molar-refractivity contribution in [3.05, 3.63) is 0 Å². The molecule has 3 heteroatoms. The molecule has 1 saturated heterocycles. The summed E-state index contributed by atoms with van der Waals surface area (Å²) in [4.78, 5) is 2.60. The summed E-state index contributed by atoms with van der Waals surface area (Å²) in [7, 11) is 1.80. The van der Waals surface area contributed by atoms with E-state index in [1.165, 1.54) is 19.5 Å². The van der Waals surface area contributed by atoms with Crippen LogP contribution >= 0.6 is 0 Å². The lowest BCUT2D eigenvalue weighted by Gasteiger charge is -2.40. The van der Waals surface area contributed by atoms with E-state index >= 15 is 0 Å². The lowest BCUT2D eigenvalue weighted by molar-refractivity contribution is 0.0451. The number of piperidine rings is 1. The number of nitrogens with zero attached hydrogens (tertiary/aromatic N) is 1. The molecule has 0 saturated carbocycles. The standard InChI is InChI=1S/C13H28N2O/c1-5-14-7-13(10-16-4)15-8-11(2)6-12(3)9-15/h11-14H,5-10H2,1-4H3. The van der Waals surface area contributed by atoms with Gasteiger partial charge in [0.2, 0.25) is 0 Å². The van der Waals surface area contributed by atoms with Gasteiger partial charge in [0.25, 0.3) is 0 Å². The molecule has 0 radical (unpaired) electrons. The zero-order valence-electron chi connectivity index (χ0n) is 11.3. The summed E-state index contributed by atoms with van der Waals surface area (Å²) in [6, 6.07) is 0.537. The molecular formula is C13H28N2O. The fourth-order valence-electron chi connectivity index (χ4n) is 2.81. The maximum atomic E-state index is 5.34. The van der Waals surface area contributed by atoms with Crippen molar-refractivity contribution >= 4 is 0 Å². The maximum absolute atomic E-state index is 5.34. The molecule has 3 nitrogen and oxygen atoms in total. The molecule has 0 aliphatic carbocycles. The topological polar surface area (TPSA) is 24.5 Å². The predicted molar refractivity (Wildman–Crippen MR) is 68.7 cm³/mol. The summed E-state index contributed by atoms with van der Waals surface area (Å²) in [6.07, 6.45) is 1.37. The Balaban J connectivity index is 2.47. The van der Waals surface area contributed by atoms with Gasteiger partial charge in [-0.1, -0.05) is 20.8 Å². The average Bonchev–Trinajstić information content (AvgIpc) is 2.22. The van der Waals surface area contributed by atoms with Gasteiger partial charge in [-0.2, -0.15) is 0 Å². The van der Waals surface area contributed by atoms with Crippen LogP contribution in [0.3, 0.4) is 0 Å². The minimum atomic E-state index is 0.537. The summed E-state index contributed by atoms with van der Waals surface area (Å²) in [5.74, 6) is 1.65. The van der Waals surface area contributed by atoms with E-state index in [9.17, 15) is 0 Å².